The maximum absolute atomic E-state index is 13.5. The van der Waals surface area contributed by atoms with Gasteiger partial charge in [0, 0.05) is 63.6 Å². The molecule has 0 atom stereocenters. The van der Waals surface area contributed by atoms with Crippen molar-refractivity contribution in [2.75, 3.05) is 51.4 Å². The Hall–Kier alpha value is -3.27. The monoisotopic (exact) mass is 472 g/mol. The maximum Gasteiger partial charge on any atom is 0.255 e. The quantitative estimate of drug-likeness (QED) is 0.666. The molecule has 0 N–H and O–H groups in total. The van der Waals surface area contributed by atoms with E-state index in [1.165, 1.54) is 11.1 Å². The minimum atomic E-state index is -2.71. The Bertz CT molecular complexity index is 1120. The predicted molar refractivity (Wildman–Crippen MR) is 120 cm³/mol. The first-order chi connectivity index (χ1) is 16.4. The first kappa shape index (κ1) is 22.5. The number of piperidine rings is 1. The van der Waals surface area contributed by atoms with E-state index in [2.05, 4.69) is 4.98 Å². The van der Waals surface area contributed by atoms with Crippen molar-refractivity contribution in [3.8, 4) is 5.75 Å². The van der Waals surface area contributed by atoms with E-state index in [0.717, 1.165) is 11.3 Å². The summed E-state index contributed by atoms with van der Waals surface area (Å²) < 4.78 is 37.8. The smallest absolute Gasteiger partial charge is 0.255 e. The number of rotatable bonds is 5. The number of aromatic nitrogens is 1. The molecule has 2 aromatic rings. The molecule has 1 aromatic heterocycles. The number of likely N-dealkylation sites (tertiary alicyclic amines) is 1. The average Bonchev–Trinajstić information content (AvgIpc) is 3.16. The van der Waals surface area contributed by atoms with Gasteiger partial charge in [0.2, 0.25) is 0 Å². The first-order valence-corrected chi connectivity index (χ1v) is 11.3. The van der Waals surface area contributed by atoms with Gasteiger partial charge in [0.25, 0.3) is 17.7 Å². The third-order valence-electron chi connectivity index (χ3n) is 6.53. The molecule has 3 aliphatic rings. The predicted octanol–water partition coefficient (Wildman–Crippen LogP) is 3.09. The number of ether oxygens (including phenoxy) is 2. The van der Waals surface area contributed by atoms with E-state index in [0.29, 0.717) is 55.5 Å². The summed E-state index contributed by atoms with van der Waals surface area (Å²) in [7, 11) is 1.61. The minimum Gasteiger partial charge on any atom is -0.488 e. The molecule has 4 heterocycles. The molecule has 0 bridgehead atoms. The van der Waals surface area contributed by atoms with Gasteiger partial charge in [-0.3, -0.25) is 9.59 Å². The van der Waals surface area contributed by atoms with Gasteiger partial charge in [-0.25, -0.2) is 13.8 Å². The molecule has 8 nitrogen and oxygen atoms in total. The fourth-order valence-corrected chi connectivity index (χ4v) is 4.60. The number of hydrogen-bond acceptors (Lipinski definition) is 6. The lowest BCUT2D eigenvalue weighted by atomic mass is 10.1. The zero-order chi connectivity index (χ0) is 23.9. The van der Waals surface area contributed by atoms with E-state index in [-0.39, 0.29) is 37.7 Å². The fourth-order valence-electron chi connectivity index (χ4n) is 4.60. The topological polar surface area (TPSA) is 75.2 Å². The highest BCUT2D eigenvalue weighted by atomic mass is 19.3. The second-order valence-corrected chi connectivity index (χ2v) is 8.75. The number of fused-ring (bicyclic) bond motifs is 2. The van der Waals surface area contributed by atoms with Crippen LogP contribution in [0.2, 0.25) is 0 Å². The number of carbonyl (C=O) groups excluding carboxylic acids is 2. The second kappa shape index (κ2) is 8.83. The van der Waals surface area contributed by atoms with Crippen LogP contribution < -0.4 is 9.64 Å². The van der Waals surface area contributed by atoms with Crippen molar-refractivity contribution in [1.29, 1.82) is 0 Å². The minimum absolute atomic E-state index is 0.00210. The Kier molecular flexibility index (Phi) is 5.85. The zero-order valence-electron chi connectivity index (χ0n) is 18.9. The van der Waals surface area contributed by atoms with Crippen molar-refractivity contribution < 1.29 is 27.8 Å². The number of anilines is 2. The van der Waals surface area contributed by atoms with E-state index in [9.17, 15) is 18.4 Å². The van der Waals surface area contributed by atoms with Crippen molar-refractivity contribution in [3.63, 3.8) is 0 Å². The molecule has 10 heteroatoms. The number of alkyl halides is 2. The van der Waals surface area contributed by atoms with Crippen LogP contribution >= 0.6 is 0 Å². The van der Waals surface area contributed by atoms with Crippen molar-refractivity contribution in [2.24, 2.45) is 0 Å². The molecule has 5 rings (SSSR count). The number of benzene rings is 1. The van der Waals surface area contributed by atoms with Crippen molar-refractivity contribution >= 4 is 23.3 Å². The van der Waals surface area contributed by atoms with Crippen LogP contribution in [0.3, 0.4) is 0 Å². The fraction of sp³-hybridized carbons (Fsp3) is 0.458. The van der Waals surface area contributed by atoms with Crippen molar-refractivity contribution in [2.45, 2.75) is 25.3 Å². The van der Waals surface area contributed by atoms with Gasteiger partial charge in [-0.05, 0) is 29.8 Å². The molecule has 0 unspecified atom stereocenters. The van der Waals surface area contributed by atoms with Crippen LogP contribution in [-0.2, 0) is 11.3 Å². The third-order valence-corrected chi connectivity index (χ3v) is 6.53. The van der Waals surface area contributed by atoms with Gasteiger partial charge in [0.15, 0.2) is 11.6 Å². The van der Waals surface area contributed by atoms with Crippen LogP contribution in [0.25, 0.3) is 0 Å². The van der Waals surface area contributed by atoms with E-state index < -0.39 is 5.92 Å². The van der Waals surface area contributed by atoms with Gasteiger partial charge in [0.05, 0.1) is 18.7 Å². The first-order valence-electron chi connectivity index (χ1n) is 11.3. The molecule has 0 radical (unpaired) electrons. The van der Waals surface area contributed by atoms with Crippen molar-refractivity contribution in [1.82, 2.24) is 14.8 Å². The standard InChI is InChI=1S/C24H26F2N4O4/c1-33-10-8-29-15-17-12-18(2-3-19(17)23(29)32)30-9-11-34-20-13-16(14-27-21(20)30)22(31)28-6-4-24(25,26)5-7-28/h2-3,12-14H,4-11,15H2,1H3. The third kappa shape index (κ3) is 4.18. The Morgan fingerprint density at radius 3 is 2.76 bits per heavy atom. The summed E-state index contributed by atoms with van der Waals surface area (Å²) in [4.78, 5) is 35.1. The van der Waals surface area contributed by atoms with Crippen LogP contribution in [0.5, 0.6) is 5.75 Å². The number of methoxy groups -OCH3 is 1. The molecular weight excluding hydrogens is 446 g/mol. The molecule has 2 amide bonds. The highest BCUT2D eigenvalue weighted by Gasteiger charge is 2.36. The Balaban J connectivity index is 1.35. The molecule has 3 aliphatic heterocycles. The van der Waals surface area contributed by atoms with E-state index in [1.54, 1.807) is 18.1 Å². The average molecular weight is 472 g/mol. The zero-order valence-corrected chi connectivity index (χ0v) is 18.9. The summed E-state index contributed by atoms with van der Waals surface area (Å²) in [6, 6.07) is 7.34. The number of nitrogens with zero attached hydrogens (tertiary/aromatic N) is 4. The van der Waals surface area contributed by atoms with Gasteiger partial charge < -0.3 is 24.2 Å². The summed E-state index contributed by atoms with van der Waals surface area (Å²) in [6.45, 7) is 2.54. The molecule has 0 spiro atoms. The van der Waals surface area contributed by atoms with Crippen LogP contribution in [0.1, 0.15) is 39.1 Å². The number of amides is 2. The Morgan fingerprint density at radius 2 is 2.00 bits per heavy atom. The molecule has 0 saturated carbocycles. The number of hydrogen-bond donors (Lipinski definition) is 0. The molecule has 34 heavy (non-hydrogen) atoms. The summed E-state index contributed by atoms with van der Waals surface area (Å²) in [6.07, 6.45) is 0.815. The van der Waals surface area contributed by atoms with Gasteiger partial charge in [0.1, 0.15) is 6.61 Å². The lowest BCUT2D eigenvalue weighted by molar-refractivity contribution is -0.0494. The normalized spacial score (nSPS) is 19.0. The lowest BCUT2D eigenvalue weighted by Crippen LogP contribution is -2.42. The van der Waals surface area contributed by atoms with Crippen molar-refractivity contribution in [3.05, 3.63) is 47.2 Å². The van der Waals surface area contributed by atoms with Crippen LogP contribution in [0.4, 0.5) is 20.3 Å². The molecule has 1 fully saturated rings. The van der Waals surface area contributed by atoms with Crippen LogP contribution in [-0.4, -0.2) is 79.0 Å². The Morgan fingerprint density at radius 1 is 1.21 bits per heavy atom. The molecule has 1 saturated heterocycles. The summed E-state index contributed by atoms with van der Waals surface area (Å²) >= 11 is 0. The number of pyridine rings is 1. The SMILES string of the molecule is COCCN1Cc2cc(N3CCOc4cc(C(=O)N5CCC(F)(F)CC5)cnc43)ccc2C1=O. The van der Waals surface area contributed by atoms with Crippen LogP contribution in [0, 0.1) is 0 Å². The van der Waals surface area contributed by atoms with Gasteiger partial charge in [-0.2, -0.15) is 0 Å². The lowest BCUT2D eigenvalue weighted by Gasteiger charge is -2.33. The maximum atomic E-state index is 13.5. The van der Waals surface area contributed by atoms with E-state index in [1.807, 2.05) is 23.1 Å². The van der Waals surface area contributed by atoms with Gasteiger partial charge >= 0.3 is 0 Å². The van der Waals surface area contributed by atoms with Crippen LogP contribution in [0.15, 0.2) is 30.5 Å². The number of carbonyl (C=O) groups is 2. The molecule has 180 valence electrons. The highest BCUT2D eigenvalue weighted by Crippen LogP contribution is 2.37. The molecule has 0 aliphatic carbocycles. The Labute approximate surface area is 196 Å². The molecular formula is C24H26F2N4O4. The second-order valence-electron chi connectivity index (χ2n) is 8.75. The summed E-state index contributed by atoms with van der Waals surface area (Å²) in [5.74, 6) is -1.99. The van der Waals surface area contributed by atoms with E-state index >= 15 is 0 Å². The van der Waals surface area contributed by atoms with E-state index in [4.69, 9.17) is 9.47 Å². The summed E-state index contributed by atoms with van der Waals surface area (Å²) in [5.41, 5.74) is 2.84. The van der Waals surface area contributed by atoms with Gasteiger partial charge in [-0.15, -0.1) is 0 Å². The largest absolute Gasteiger partial charge is 0.488 e. The molecule has 1 aromatic carbocycles. The number of halogens is 2. The summed E-state index contributed by atoms with van der Waals surface area (Å²) in [5, 5.41) is 0. The van der Waals surface area contributed by atoms with Gasteiger partial charge in [-0.1, -0.05) is 0 Å². The highest BCUT2D eigenvalue weighted by molar-refractivity contribution is 5.99.